The van der Waals surface area contributed by atoms with Crippen LogP contribution in [0.4, 0.5) is 0 Å². The highest BCUT2D eigenvalue weighted by Crippen LogP contribution is 2.38. The number of hydrogen-bond acceptors (Lipinski definition) is 6. The van der Waals surface area contributed by atoms with Crippen LogP contribution in [0, 0.1) is 0 Å². The van der Waals surface area contributed by atoms with Crippen LogP contribution >= 0.6 is 0 Å². The first-order valence-electron chi connectivity index (χ1n) is 14.0. The Morgan fingerprint density at radius 1 is 1.08 bits per heavy atom. The lowest BCUT2D eigenvalue weighted by atomic mass is 9.91. The molecule has 1 saturated heterocycles. The van der Waals surface area contributed by atoms with Gasteiger partial charge >= 0.3 is 5.97 Å². The first-order valence-corrected chi connectivity index (χ1v) is 15.9. The number of esters is 1. The first kappa shape index (κ1) is 31.2. The third kappa shape index (κ3) is 8.35. The molecule has 3 rings (SSSR count). The third-order valence-electron chi connectivity index (χ3n) is 7.20. The van der Waals surface area contributed by atoms with Crippen LogP contribution in [0.3, 0.4) is 0 Å². The van der Waals surface area contributed by atoms with E-state index in [1.807, 2.05) is 26.0 Å². The van der Waals surface area contributed by atoms with Crippen LogP contribution in [0.15, 0.2) is 72.8 Å². The van der Waals surface area contributed by atoms with E-state index >= 15 is 0 Å². The Hall–Kier alpha value is -2.29. The normalized spacial score (nSPS) is 19.2. The van der Waals surface area contributed by atoms with Crippen LogP contribution in [0.5, 0.6) is 0 Å². The second-order valence-electron chi connectivity index (χ2n) is 11.9. The summed E-state index contributed by atoms with van der Waals surface area (Å²) >= 11 is 0. The fourth-order valence-electron chi connectivity index (χ4n) is 5.44. The molecule has 2 atom stereocenters. The van der Waals surface area contributed by atoms with Crippen LogP contribution in [0.25, 0.3) is 0 Å². The number of allylic oxidation sites excluding steroid dienone is 1. The Labute approximate surface area is 235 Å². The van der Waals surface area contributed by atoms with Gasteiger partial charge in [-0.2, -0.15) is 0 Å². The van der Waals surface area contributed by atoms with Gasteiger partial charge in [-0.25, -0.2) is 4.79 Å². The van der Waals surface area contributed by atoms with Gasteiger partial charge in [0.05, 0.1) is 31.5 Å². The molecule has 2 aromatic rings. The molecule has 0 amide bonds. The summed E-state index contributed by atoms with van der Waals surface area (Å²) in [6.45, 7) is 13.2. The molecule has 1 aliphatic rings. The number of carbonyl (C=O) groups excluding carboxylic acids is 1. The maximum absolute atomic E-state index is 12.1. The predicted molar refractivity (Wildman–Crippen MR) is 158 cm³/mol. The summed E-state index contributed by atoms with van der Waals surface area (Å²) in [6, 6.07) is 20.9. The molecule has 0 spiro atoms. The van der Waals surface area contributed by atoms with E-state index in [0.717, 1.165) is 0 Å². The Morgan fingerprint density at radius 2 is 1.67 bits per heavy atom. The van der Waals surface area contributed by atoms with E-state index in [2.05, 4.69) is 69.3 Å². The molecule has 214 valence electrons. The molecule has 0 radical (unpaired) electrons. The van der Waals surface area contributed by atoms with E-state index in [0.29, 0.717) is 38.9 Å². The number of rotatable bonds is 13. The van der Waals surface area contributed by atoms with Crippen LogP contribution in [-0.2, 0) is 23.4 Å². The van der Waals surface area contributed by atoms with Gasteiger partial charge in [-0.15, -0.1) is 0 Å². The molecule has 0 unspecified atom stereocenters. The molecule has 0 aliphatic carbocycles. The van der Waals surface area contributed by atoms with Crippen molar-refractivity contribution < 1.29 is 28.5 Å². The maximum atomic E-state index is 12.1. The van der Waals surface area contributed by atoms with Gasteiger partial charge < -0.3 is 23.7 Å². The van der Waals surface area contributed by atoms with E-state index in [4.69, 9.17) is 18.6 Å². The average Bonchev–Trinajstić information content (AvgIpc) is 3.22. The number of benzene rings is 2. The summed E-state index contributed by atoms with van der Waals surface area (Å²) < 4.78 is 24.0. The fourth-order valence-corrected chi connectivity index (χ4v) is 10.1. The van der Waals surface area contributed by atoms with Crippen molar-refractivity contribution in [2.75, 3.05) is 19.8 Å². The molecule has 1 fully saturated rings. The van der Waals surface area contributed by atoms with Crippen molar-refractivity contribution in [3.63, 3.8) is 0 Å². The van der Waals surface area contributed by atoms with Crippen molar-refractivity contribution in [2.24, 2.45) is 0 Å². The predicted octanol–water partition coefficient (Wildman–Crippen LogP) is 5.13. The minimum Gasteiger partial charge on any atom is -0.463 e. The molecule has 0 bridgehead atoms. The van der Waals surface area contributed by atoms with Gasteiger partial charge in [-0.1, -0.05) is 87.5 Å². The molecule has 0 saturated carbocycles. The SMILES string of the molecule is CCOC(=O)/C=C/CCC[C@@](O)(CO[Si](c1ccccc1)(c1ccccc1)C(C)(C)C)C[C@@H]1COC(C)(C)O1. The van der Waals surface area contributed by atoms with E-state index in [-0.39, 0.29) is 23.7 Å². The zero-order valence-corrected chi connectivity index (χ0v) is 25.4. The fraction of sp³-hybridized carbons (Fsp3) is 0.531. The molecular formula is C32H46O6Si. The molecule has 2 aromatic carbocycles. The van der Waals surface area contributed by atoms with Crippen molar-refractivity contribution in [1.82, 2.24) is 0 Å². The van der Waals surface area contributed by atoms with Crippen molar-refractivity contribution in [2.45, 2.75) is 89.8 Å². The highest BCUT2D eigenvalue weighted by atomic mass is 28.4. The second kappa shape index (κ2) is 13.4. The van der Waals surface area contributed by atoms with Crippen molar-refractivity contribution in [3.8, 4) is 0 Å². The van der Waals surface area contributed by atoms with E-state index in [1.54, 1.807) is 13.0 Å². The van der Waals surface area contributed by atoms with Gasteiger partial charge in [0.1, 0.15) is 0 Å². The molecule has 1 N–H and O–H groups in total. The summed E-state index contributed by atoms with van der Waals surface area (Å²) in [4.78, 5) is 11.7. The molecule has 0 aromatic heterocycles. The van der Waals surface area contributed by atoms with Gasteiger partial charge in [0.2, 0.25) is 0 Å². The van der Waals surface area contributed by atoms with E-state index in [9.17, 15) is 9.90 Å². The summed E-state index contributed by atoms with van der Waals surface area (Å²) in [5.41, 5.74) is -1.14. The van der Waals surface area contributed by atoms with Gasteiger partial charge in [0.15, 0.2) is 5.79 Å². The van der Waals surface area contributed by atoms with Crippen molar-refractivity contribution >= 4 is 24.7 Å². The number of unbranched alkanes of at least 4 members (excludes halogenated alkanes) is 1. The molecule has 7 heteroatoms. The van der Waals surface area contributed by atoms with Crippen LogP contribution in [0.1, 0.15) is 67.2 Å². The minimum atomic E-state index is -2.83. The van der Waals surface area contributed by atoms with Gasteiger partial charge in [0, 0.05) is 12.5 Å². The smallest absolute Gasteiger partial charge is 0.330 e. The average molecular weight is 555 g/mol. The summed E-state index contributed by atoms with van der Waals surface area (Å²) in [5.74, 6) is -1.02. The highest BCUT2D eigenvalue weighted by Gasteiger charge is 2.51. The third-order valence-corrected chi connectivity index (χ3v) is 12.2. The largest absolute Gasteiger partial charge is 0.463 e. The zero-order valence-electron chi connectivity index (χ0n) is 24.4. The van der Waals surface area contributed by atoms with E-state index in [1.165, 1.54) is 16.4 Å². The van der Waals surface area contributed by atoms with Crippen LogP contribution in [0.2, 0.25) is 5.04 Å². The first-order chi connectivity index (χ1) is 18.4. The second-order valence-corrected chi connectivity index (χ2v) is 16.2. The Balaban J connectivity index is 1.89. The lowest BCUT2D eigenvalue weighted by Crippen LogP contribution is -2.67. The zero-order chi connectivity index (χ0) is 28.6. The molecule has 1 aliphatic heterocycles. The van der Waals surface area contributed by atoms with Crippen molar-refractivity contribution in [3.05, 3.63) is 72.8 Å². The van der Waals surface area contributed by atoms with Crippen LogP contribution in [-0.4, -0.2) is 56.7 Å². The Bertz CT molecular complexity index is 1020. The Morgan fingerprint density at radius 3 is 2.15 bits per heavy atom. The van der Waals surface area contributed by atoms with Gasteiger partial charge in [0.25, 0.3) is 8.32 Å². The van der Waals surface area contributed by atoms with Gasteiger partial charge in [-0.05, 0) is 55.4 Å². The summed E-state index contributed by atoms with van der Waals surface area (Å²) in [5, 5.41) is 14.2. The molecule has 1 heterocycles. The topological polar surface area (TPSA) is 74.2 Å². The lowest BCUT2D eigenvalue weighted by Gasteiger charge is -2.45. The number of ether oxygens (including phenoxy) is 3. The minimum absolute atomic E-state index is 0.169. The monoisotopic (exact) mass is 554 g/mol. The Kier molecular flexibility index (Phi) is 10.7. The van der Waals surface area contributed by atoms with E-state index < -0.39 is 19.7 Å². The number of carbonyl (C=O) groups is 1. The molecule has 39 heavy (non-hydrogen) atoms. The summed E-state index contributed by atoms with van der Waals surface area (Å²) in [7, 11) is -2.83. The standard InChI is InChI=1S/C32H46O6Si/c1-7-35-29(33)21-15-10-16-22-32(34,23-26-24-36-31(5,6)38-26)25-37-39(30(2,3)4,27-17-11-8-12-18-27)28-19-13-9-14-20-28/h8-9,11-15,17-21,26,34H,7,10,16,22-25H2,1-6H3/b21-15+/t26-,32+/m1/s1. The number of hydrogen-bond donors (Lipinski definition) is 1. The maximum Gasteiger partial charge on any atom is 0.330 e. The highest BCUT2D eigenvalue weighted by molar-refractivity contribution is 6.99. The molecule has 6 nitrogen and oxygen atoms in total. The van der Waals surface area contributed by atoms with Crippen molar-refractivity contribution in [1.29, 1.82) is 0 Å². The summed E-state index contributed by atoms with van der Waals surface area (Å²) in [6.07, 6.45) is 5.26. The molecular weight excluding hydrogens is 508 g/mol. The number of aliphatic hydroxyl groups is 1. The van der Waals surface area contributed by atoms with Gasteiger partial charge in [-0.3, -0.25) is 0 Å². The lowest BCUT2D eigenvalue weighted by molar-refractivity contribution is -0.148. The van der Waals surface area contributed by atoms with Crippen LogP contribution < -0.4 is 10.4 Å². The quantitative estimate of drug-likeness (QED) is 0.160.